The van der Waals surface area contributed by atoms with E-state index in [-0.39, 0.29) is 18.5 Å². The molecule has 0 atom stereocenters. The Morgan fingerprint density at radius 3 is 2.62 bits per heavy atom. The van der Waals surface area contributed by atoms with Crippen LogP contribution in [0.2, 0.25) is 10.0 Å². The molecule has 0 radical (unpaired) electrons. The summed E-state index contributed by atoms with van der Waals surface area (Å²) in [4.78, 5) is 14.1. The topological polar surface area (TPSA) is 67.6 Å². The van der Waals surface area contributed by atoms with Crippen molar-refractivity contribution in [2.75, 3.05) is 37.9 Å². The first kappa shape index (κ1) is 18.0. The molecule has 1 aromatic carbocycles. The van der Waals surface area contributed by atoms with Gasteiger partial charge in [-0.05, 0) is 26.0 Å². The number of hydrogen-bond donors (Lipinski definition) is 2. The lowest BCUT2D eigenvalue weighted by Crippen LogP contribution is -2.40. The molecule has 0 saturated carbocycles. The van der Waals surface area contributed by atoms with Crippen molar-refractivity contribution < 1.29 is 9.53 Å². The standard InChI is InChI=1S/C14H21Cl2N3O2/c1-9(2)19(4-5-21-3)8-13(20)18-14-11(16)6-10(15)7-12(14)17/h6-7,9H,4-5,8,17H2,1-3H3,(H,18,20). The van der Waals surface area contributed by atoms with E-state index < -0.39 is 0 Å². The van der Waals surface area contributed by atoms with Gasteiger partial charge in [-0.25, -0.2) is 0 Å². The van der Waals surface area contributed by atoms with Gasteiger partial charge in [-0.15, -0.1) is 0 Å². The van der Waals surface area contributed by atoms with Gasteiger partial charge in [-0.1, -0.05) is 23.2 Å². The number of ether oxygens (including phenoxy) is 1. The molecule has 0 aliphatic heterocycles. The number of nitrogens with zero attached hydrogens (tertiary/aromatic N) is 1. The number of benzene rings is 1. The third-order valence-electron chi connectivity index (χ3n) is 3.01. The summed E-state index contributed by atoms with van der Waals surface area (Å²) in [5.74, 6) is -0.185. The zero-order valence-electron chi connectivity index (χ0n) is 12.5. The first-order valence-corrected chi connectivity index (χ1v) is 7.38. The van der Waals surface area contributed by atoms with E-state index in [0.717, 1.165) is 0 Å². The molecule has 0 spiro atoms. The number of hydrogen-bond acceptors (Lipinski definition) is 4. The molecule has 7 heteroatoms. The molecule has 0 aliphatic carbocycles. The molecule has 0 aliphatic rings. The smallest absolute Gasteiger partial charge is 0.238 e. The lowest BCUT2D eigenvalue weighted by atomic mass is 10.2. The Kier molecular flexibility index (Phi) is 7.25. The molecule has 0 unspecified atom stereocenters. The van der Waals surface area contributed by atoms with Gasteiger partial charge in [-0.2, -0.15) is 0 Å². The third-order valence-corrected chi connectivity index (χ3v) is 3.53. The Hall–Kier alpha value is -1.01. The van der Waals surface area contributed by atoms with E-state index in [4.69, 9.17) is 33.7 Å². The second-order valence-corrected chi connectivity index (χ2v) is 5.80. The van der Waals surface area contributed by atoms with E-state index in [2.05, 4.69) is 5.32 Å². The van der Waals surface area contributed by atoms with Crippen LogP contribution >= 0.6 is 23.2 Å². The lowest BCUT2D eigenvalue weighted by Gasteiger charge is -2.25. The zero-order chi connectivity index (χ0) is 16.0. The van der Waals surface area contributed by atoms with Crippen LogP contribution in [0.5, 0.6) is 0 Å². The Balaban J connectivity index is 2.72. The van der Waals surface area contributed by atoms with Crippen LogP contribution in [0.4, 0.5) is 11.4 Å². The van der Waals surface area contributed by atoms with Crippen molar-refractivity contribution in [3.05, 3.63) is 22.2 Å². The summed E-state index contributed by atoms with van der Waals surface area (Å²) in [6.45, 7) is 5.51. The molecule has 0 fully saturated rings. The average Bonchev–Trinajstić information content (AvgIpc) is 2.38. The Bertz CT molecular complexity index is 472. The van der Waals surface area contributed by atoms with Gasteiger partial charge in [0.05, 0.1) is 29.5 Å². The summed E-state index contributed by atoms with van der Waals surface area (Å²) < 4.78 is 5.04. The maximum absolute atomic E-state index is 12.1. The molecule has 0 bridgehead atoms. The van der Waals surface area contributed by atoms with E-state index in [1.807, 2.05) is 18.7 Å². The van der Waals surface area contributed by atoms with Crippen LogP contribution in [0.1, 0.15) is 13.8 Å². The number of halogens is 2. The number of nitrogen functional groups attached to an aromatic ring is 1. The van der Waals surface area contributed by atoms with Crippen LogP contribution in [-0.2, 0) is 9.53 Å². The number of rotatable bonds is 7. The predicted molar refractivity (Wildman–Crippen MR) is 88.1 cm³/mol. The summed E-state index contributed by atoms with van der Waals surface area (Å²) in [5.41, 5.74) is 6.56. The van der Waals surface area contributed by atoms with Crippen molar-refractivity contribution in [3.63, 3.8) is 0 Å². The minimum atomic E-state index is -0.185. The Morgan fingerprint density at radius 2 is 2.10 bits per heavy atom. The maximum Gasteiger partial charge on any atom is 0.238 e. The molecule has 5 nitrogen and oxygen atoms in total. The molecule has 21 heavy (non-hydrogen) atoms. The monoisotopic (exact) mass is 333 g/mol. The average molecular weight is 334 g/mol. The van der Waals surface area contributed by atoms with Crippen molar-refractivity contribution in [1.82, 2.24) is 4.90 Å². The van der Waals surface area contributed by atoms with E-state index >= 15 is 0 Å². The minimum Gasteiger partial charge on any atom is -0.397 e. The van der Waals surface area contributed by atoms with Gasteiger partial charge in [0.1, 0.15) is 0 Å². The summed E-state index contributed by atoms with van der Waals surface area (Å²) in [6.07, 6.45) is 0. The summed E-state index contributed by atoms with van der Waals surface area (Å²) in [5, 5.41) is 3.48. The lowest BCUT2D eigenvalue weighted by molar-refractivity contribution is -0.117. The van der Waals surface area contributed by atoms with Crippen molar-refractivity contribution in [2.45, 2.75) is 19.9 Å². The number of anilines is 2. The predicted octanol–water partition coefficient (Wildman–Crippen LogP) is 2.87. The second kappa shape index (κ2) is 8.44. The van der Waals surface area contributed by atoms with E-state index in [1.54, 1.807) is 19.2 Å². The van der Waals surface area contributed by atoms with Crippen molar-refractivity contribution in [2.24, 2.45) is 0 Å². The number of methoxy groups -OCH3 is 1. The number of nitrogens with one attached hydrogen (secondary N) is 1. The summed E-state index contributed by atoms with van der Waals surface area (Å²) in [6, 6.07) is 3.32. The fourth-order valence-corrected chi connectivity index (χ4v) is 2.37. The molecule has 1 aromatic rings. The van der Waals surface area contributed by atoms with Gasteiger partial charge in [0.2, 0.25) is 5.91 Å². The second-order valence-electron chi connectivity index (χ2n) is 4.96. The van der Waals surface area contributed by atoms with Crippen LogP contribution in [-0.4, -0.2) is 43.7 Å². The third kappa shape index (κ3) is 5.71. The number of nitrogens with two attached hydrogens (primary N) is 1. The van der Waals surface area contributed by atoms with Crippen molar-refractivity contribution in [1.29, 1.82) is 0 Å². The highest BCUT2D eigenvalue weighted by Gasteiger charge is 2.16. The van der Waals surface area contributed by atoms with Crippen molar-refractivity contribution in [3.8, 4) is 0 Å². The van der Waals surface area contributed by atoms with Gasteiger partial charge in [0.15, 0.2) is 0 Å². The van der Waals surface area contributed by atoms with Crippen LogP contribution < -0.4 is 11.1 Å². The SMILES string of the molecule is COCCN(CC(=O)Nc1c(N)cc(Cl)cc1Cl)C(C)C. The van der Waals surface area contributed by atoms with Gasteiger partial charge < -0.3 is 15.8 Å². The molecule has 118 valence electrons. The van der Waals surface area contributed by atoms with Crippen molar-refractivity contribution >= 4 is 40.5 Å². The Labute approximate surface area is 135 Å². The highest BCUT2D eigenvalue weighted by Crippen LogP contribution is 2.31. The summed E-state index contributed by atoms with van der Waals surface area (Å²) >= 11 is 11.9. The van der Waals surface area contributed by atoms with E-state index in [9.17, 15) is 4.79 Å². The molecule has 0 heterocycles. The number of carbonyl (C=O) groups is 1. The fourth-order valence-electron chi connectivity index (χ4n) is 1.82. The van der Waals surface area contributed by atoms with Crippen LogP contribution in [0, 0.1) is 0 Å². The van der Waals surface area contributed by atoms with Crippen LogP contribution in [0.3, 0.4) is 0 Å². The van der Waals surface area contributed by atoms with Crippen LogP contribution in [0.25, 0.3) is 0 Å². The maximum atomic E-state index is 12.1. The summed E-state index contributed by atoms with van der Waals surface area (Å²) in [7, 11) is 1.63. The molecular weight excluding hydrogens is 313 g/mol. The first-order valence-electron chi connectivity index (χ1n) is 6.62. The molecular formula is C14H21Cl2N3O2. The quantitative estimate of drug-likeness (QED) is 0.753. The fraction of sp³-hybridized carbons (Fsp3) is 0.500. The minimum absolute atomic E-state index is 0.185. The molecule has 1 rings (SSSR count). The largest absolute Gasteiger partial charge is 0.397 e. The van der Waals surface area contributed by atoms with Gasteiger partial charge >= 0.3 is 0 Å². The number of carbonyl (C=O) groups excluding carboxylic acids is 1. The Morgan fingerprint density at radius 1 is 1.43 bits per heavy atom. The molecule has 0 aromatic heterocycles. The van der Waals surface area contributed by atoms with Gasteiger partial charge in [-0.3, -0.25) is 9.69 Å². The number of amides is 1. The highest BCUT2D eigenvalue weighted by molar-refractivity contribution is 6.37. The highest BCUT2D eigenvalue weighted by atomic mass is 35.5. The zero-order valence-corrected chi connectivity index (χ0v) is 14.0. The molecule has 1 amide bonds. The first-order chi connectivity index (χ1) is 9.85. The molecule has 3 N–H and O–H groups in total. The normalized spacial score (nSPS) is 11.2. The van der Waals surface area contributed by atoms with E-state index in [1.165, 1.54) is 0 Å². The molecule has 0 saturated heterocycles. The van der Waals surface area contributed by atoms with E-state index in [0.29, 0.717) is 34.6 Å². The van der Waals surface area contributed by atoms with Gasteiger partial charge in [0, 0.05) is 24.7 Å². The van der Waals surface area contributed by atoms with Crippen LogP contribution in [0.15, 0.2) is 12.1 Å². The van der Waals surface area contributed by atoms with Gasteiger partial charge in [0.25, 0.3) is 0 Å².